The Balaban J connectivity index is 2.36. The Hall–Kier alpha value is -1.74. The number of carbonyl (C=O) groups excluding carboxylic acids is 1. The van der Waals surface area contributed by atoms with Crippen LogP contribution in [0.1, 0.15) is 19.0 Å². The Bertz CT molecular complexity index is 666. The molecular formula is C10H14N4O4S. The summed E-state index contributed by atoms with van der Waals surface area (Å²) in [5, 5.41) is 4.07. The summed E-state index contributed by atoms with van der Waals surface area (Å²) in [5.41, 5.74) is 0.152. The molecule has 104 valence electrons. The second-order valence-corrected chi connectivity index (χ2v) is 6.18. The summed E-state index contributed by atoms with van der Waals surface area (Å²) in [6.07, 6.45) is 0.344. The molecule has 0 saturated carbocycles. The van der Waals surface area contributed by atoms with E-state index in [2.05, 4.69) is 9.97 Å². The molecule has 1 aliphatic rings. The van der Waals surface area contributed by atoms with Gasteiger partial charge in [0, 0.05) is 24.7 Å². The molecule has 1 atom stereocenters. The zero-order valence-corrected chi connectivity index (χ0v) is 11.1. The highest BCUT2D eigenvalue weighted by Crippen LogP contribution is 2.20. The van der Waals surface area contributed by atoms with E-state index >= 15 is 0 Å². The summed E-state index contributed by atoms with van der Waals surface area (Å²) in [5.74, 6) is -0.351. The summed E-state index contributed by atoms with van der Waals surface area (Å²) < 4.78 is 22.5. The number of hydrogen-bond donors (Lipinski definition) is 2. The van der Waals surface area contributed by atoms with Crippen LogP contribution in [0.15, 0.2) is 10.9 Å². The molecule has 19 heavy (non-hydrogen) atoms. The lowest BCUT2D eigenvalue weighted by molar-refractivity contribution is -0.117. The van der Waals surface area contributed by atoms with Crippen LogP contribution >= 0.6 is 0 Å². The fourth-order valence-electron chi connectivity index (χ4n) is 1.90. The molecule has 3 N–H and O–H groups in total. The van der Waals surface area contributed by atoms with Gasteiger partial charge in [-0.05, 0) is 6.42 Å². The number of primary sulfonamides is 1. The predicted molar refractivity (Wildman–Crippen MR) is 68.1 cm³/mol. The topological polar surface area (TPSA) is 126 Å². The van der Waals surface area contributed by atoms with Gasteiger partial charge in [-0.2, -0.15) is 0 Å². The molecule has 0 spiro atoms. The van der Waals surface area contributed by atoms with Crippen LogP contribution in [-0.4, -0.2) is 36.1 Å². The summed E-state index contributed by atoms with van der Waals surface area (Å²) >= 11 is 0. The van der Waals surface area contributed by atoms with Crippen molar-refractivity contribution in [1.82, 2.24) is 9.97 Å². The van der Waals surface area contributed by atoms with Crippen LogP contribution in [0.4, 0.5) is 5.95 Å². The zero-order chi connectivity index (χ0) is 14.2. The third-order valence-electron chi connectivity index (χ3n) is 2.95. The number of sulfonamides is 1. The van der Waals surface area contributed by atoms with Gasteiger partial charge in [-0.25, -0.2) is 18.5 Å². The average Bonchev–Trinajstić information content (AvgIpc) is 2.70. The number of anilines is 1. The Morgan fingerprint density at radius 1 is 1.53 bits per heavy atom. The van der Waals surface area contributed by atoms with Crippen molar-refractivity contribution in [3.05, 3.63) is 22.1 Å². The van der Waals surface area contributed by atoms with Crippen molar-refractivity contribution in [3.8, 4) is 0 Å². The number of H-pyrrole nitrogens is 1. The quantitative estimate of drug-likeness (QED) is 0.716. The first kappa shape index (κ1) is 13.7. The Morgan fingerprint density at radius 2 is 2.21 bits per heavy atom. The van der Waals surface area contributed by atoms with Crippen LogP contribution in [0.3, 0.4) is 0 Å². The number of carbonyl (C=O) groups is 1. The van der Waals surface area contributed by atoms with E-state index in [0.717, 1.165) is 4.90 Å². The van der Waals surface area contributed by atoms with E-state index in [9.17, 15) is 18.0 Å². The molecule has 1 fully saturated rings. The van der Waals surface area contributed by atoms with Crippen molar-refractivity contribution in [3.63, 3.8) is 0 Å². The lowest BCUT2D eigenvalue weighted by Crippen LogP contribution is -2.33. The zero-order valence-electron chi connectivity index (χ0n) is 10.3. The lowest BCUT2D eigenvalue weighted by Gasteiger charge is -2.15. The Morgan fingerprint density at radius 3 is 2.74 bits per heavy atom. The molecule has 9 heteroatoms. The highest BCUT2D eigenvalue weighted by atomic mass is 32.2. The maximum absolute atomic E-state index is 11.8. The number of hydrogen-bond acceptors (Lipinski definition) is 5. The summed E-state index contributed by atoms with van der Waals surface area (Å²) in [6, 6.07) is 1.33. The van der Waals surface area contributed by atoms with Gasteiger partial charge in [-0.3, -0.25) is 19.5 Å². The molecule has 1 aromatic heterocycles. The second kappa shape index (κ2) is 4.74. The van der Waals surface area contributed by atoms with Crippen LogP contribution in [0.25, 0.3) is 0 Å². The number of aromatic nitrogens is 2. The largest absolute Gasteiger partial charge is 0.292 e. The molecule has 2 rings (SSSR count). The number of nitrogens with one attached hydrogen (secondary N) is 1. The Labute approximate surface area is 109 Å². The summed E-state index contributed by atoms with van der Waals surface area (Å²) in [4.78, 5) is 30.9. The highest BCUT2D eigenvalue weighted by molar-refractivity contribution is 7.89. The van der Waals surface area contributed by atoms with Crippen molar-refractivity contribution in [2.24, 2.45) is 5.14 Å². The maximum Gasteiger partial charge on any atom is 0.252 e. The number of nitrogens with zero attached hydrogens (tertiary/aromatic N) is 2. The molecule has 8 nitrogen and oxygen atoms in total. The number of aryl methyl sites for hydroxylation is 1. The van der Waals surface area contributed by atoms with Crippen LogP contribution in [-0.2, 0) is 21.2 Å². The molecule has 2 heterocycles. The van der Waals surface area contributed by atoms with Gasteiger partial charge < -0.3 is 0 Å². The van der Waals surface area contributed by atoms with E-state index in [-0.39, 0.29) is 24.5 Å². The van der Waals surface area contributed by atoms with Gasteiger partial charge in [0.15, 0.2) is 0 Å². The van der Waals surface area contributed by atoms with Crippen LogP contribution in [0.2, 0.25) is 0 Å². The van der Waals surface area contributed by atoms with E-state index < -0.39 is 21.2 Å². The first-order valence-electron chi connectivity index (χ1n) is 5.73. The van der Waals surface area contributed by atoms with Crippen molar-refractivity contribution >= 4 is 21.9 Å². The fraction of sp³-hybridized carbons (Fsp3) is 0.500. The highest BCUT2D eigenvalue weighted by Gasteiger charge is 2.38. The fourth-order valence-corrected chi connectivity index (χ4v) is 2.63. The number of amides is 1. The molecule has 0 aliphatic carbocycles. The van der Waals surface area contributed by atoms with E-state index in [1.54, 1.807) is 0 Å². The van der Waals surface area contributed by atoms with E-state index in [4.69, 9.17) is 5.14 Å². The first-order valence-corrected chi connectivity index (χ1v) is 7.34. The number of aromatic amines is 1. The third-order valence-corrected chi connectivity index (χ3v) is 4.20. The molecule has 1 saturated heterocycles. The van der Waals surface area contributed by atoms with E-state index in [1.807, 2.05) is 6.92 Å². The van der Waals surface area contributed by atoms with Gasteiger partial charge in [0.05, 0.1) is 0 Å². The predicted octanol–water partition coefficient (Wildman–Crippen LogP) is -1.27. The first-order chi connectivity index (χ1) is 8.81. The molecule has 1 aliphatic heterocycles. The van der Waals surface area contributed by atoms with Crippen LogP contribution < -0.4 is 15.6 Å². The minimum absolute atomic E-state index is 0.0699. The number of nitrogens with two attached hydrogens (primary N) is 1. The van der Waals surface area contributed by atoms with Gasteiger partial charge >= 0.3 is 0 Å². The molecule has 0 radical (unpaired) electrons. The van der Waals surface area contributed by atoms with Gasteiger partial charge in [0.1, 0.15) is 5.25 Å². The van der Waals surface area contributed by atoms with Crippen LogP contribution in [0, 0.1) is 0 Å². The minimum Gasteiger partial charge on any atom is -0.292 e. The molecule has 1 aromatic rings. The standard InChI is InChI=1S/C10H14N4O4S/c1-2-6-3-8(15)13-10(12-6)14-5-7(4-9(14)16)19(11,17)18/h3,7H,2,4-5H2,1H3,(H2,11,17,18)(H,12,13,15). The Kier molecular flexibility index (Phi) is 3.42. The molecule has 0 aromatic carbocycles. The molecule has 0 bridgehead atoms. The van der Waals surface area contributed by atoms with Gasteiger partial charge in [0.25, 0.3) is 5.56 Å². The minimum atomic E-state index is -3.78. The number of rotatable bonds is 3. The SMILES string of the molecule is CCc1cc(=O)[nH]c(N2CC(S(N)(=O)=O)CC2=O)n1. The van der Waals surface area contributed by atoms with Gasteiger partial charge in [-0.15, -0.1) is 0 Å². The van der Waals surface area contributed by atoms with Gasteiger partial charge in [-0.1, -0.05) is 6.92 Å². The maximum atomic E-state index is 11.8. The van der Waals surface area contributed by atoms with Crippen molar-refractivity contribution in [1.29, 1.82) is 0 Å². The third kappa shape index (κ3) is 2.82. The average molecular weight is 286 g/mol. The molecule has 1 amide bonds. The molecule has 1 unspecified atom stereocenters. The van der Waals surface area contributed by atoms with Crippen molar-refractivity contribution in [2.75, 3.05) is 11.4 Å². The summed E-state index contributed by atoms with van der Waals surface area (Å²) in [6.45, 7) is 1.73. The second-order valence-electron chi connectivity index (χ2n) is 4.33. The monoisotopic (exact) mass is 286 g/mol. The van der Waals surface area contributed by atoms with E-state index in [0.29, 0.717) is 12.1 Å². The van der Waals surface area contributed by atoms with E-state index in [1.165, 1.54) is 6.07 Å². The molecular weight excluding hydrogens is 272 g/mol. The van der Waals surface area contributed by atoms with Crippen molar-refractivity contribution < 1.29 is 13.2 Å². The van der Waals surface area contributed by atoms with Gasteiger partial charge in [0.2, 0.25) is 21.9 Å². The van der Waals surface area contributed by atoms with Crippen LogP contribution in [0.5, 0.6) is 0 Å². The summed E-state index contributed by atoms with van der Waals surface area (Å²) in [7, 11) is -3.78. The van der Waals surface area contributed by atoms with Crippen molar-refractivity contribution in [2.45, 2.75) is 25.0 Å². The smallest absolute Gasteiger partial charge is 0.252 e. The lowest BCUT2D eigenvalue weighted by atomic mass is 10.3. The normalized spacial score (nSPS) is 20.0.